The van der Waals surface area contributed by atoms with Crippen molar-refractivity contribution in [1.29, 1.82) is 0 Å². The zero-order chi connectivity index (χ0) is 23.0. The number of hydrogen-bond donors (Lipinski definition) is 1. The molecular weight excluding hydrogens is 536 g/mol. The molecule has 0 unspecified atom stereocenters. The fourth-order valence-corrected chi connectivity index (χ4v) is 5.94. The Kier molecular flexibility index (Phi) is 6.86. The number of carbonyl (C=O) groups excluding carboxylic acids is 3. The van der Waals surface area contributed by atoms with Gasteiger partial charge in [-0.2, -0.15) is 0 Å². The zero-order valence-electron chi connectivity index (χ0n) is 18.1. The summed E-state index contributed by atoms with van der Waals surface area (Å²) in [5.41, 5.74) is 4.07. The maximum atomic E-state index is 13.0. The van der Waals surface area contributed by atoms with E-state index in [1.807, 2.05) is 18.2 Å². The van der Waals surface area contributed by atoms with Crippen molar-refractivity contribution in [3.63, 3.8) is 0 Å². The highest BCUT2D eigenvalue weighted by molar-refractivity contribution is 9.12. The minimum absolute atomic E-state index is 0.148. The van der Waals surface area contributed by atoms with E-state index in [1.54, 1.807) is 24.3 Å². The van der Waals surface area contributed by atoms with Gasteiger partial charge in [0.2, 0.25) is 11.8 Å². The number of hydrogen-bond acceptors (Lipinski definition) is 3. The van der Waals surface area contributed by atoms with Crippen LogP contribution in [0.1, 0.15) is 48.2 Å². The summed E-state index contributed by atoms with van der Waals surface area (Å²) in [6, 6.07) is 12.8. The molecule has 1 saturated heterocycles. The lowest BCUT2D eigenvalue weighted by atomic mass is 9.81. The molecule has 4 atom stereocenters. The molecule has 2 fully saturated rings. The van der Waals surface area contributed by atoms with Gasteiger partial charge in [0, 0.05) is 20.9 Å². The largest absolute Gasteiger partial charge is 0.321 e. The highest BCUT2D eigenvalue weighted by Gasteiger charge is 2.52. The predicted octanol–water partition coefficient (Wildman–Crippen LogP) is 5.49. The van der Waals surface area contributed by atoms with Crippen molar-refractivity contribution in [3.8, 4) is 0 Å². The number of anilines is 2. The van der Waals surface area contributed by atoms with E-state index in [0.717, 1.165) is 29.7 Å². The van der Waals surface area contributed by atoms with Crippen LogP contribution in [0.4, 0.5) is 11.4 Å². The van der Waals surface area contributed by atoms with Crippen LogP contribution in [0, 0.1) is 11.8 Å². The minimum Gasteiger partial charge on any atom is -0.321 e. The van der Waals surface area contributed by atoms with Crippen molar-refractivity contribution in [1.82, 2.24) is 0 Å². The van der Waals surface area contributed by atoms with Crippen molar-refractivity contribution >= 4 is 61.0 Å². The van der Waals surface area contributed by atoms with Crippen LogP contribution in [-0.4, -0.2) is 27.4 Å². The predicted molar refractivity (Wildman–Crippen MR) is 134 cm³/mol. The van der Waals surface area contributed by atoms with E-state index in [4.69, 9.17) is 0 Å². The summed E-state index contributed by atoms with van der Waals surface area (Å²) >= 11 is 7.23. The first-order valence-corrected chi connectivity index (χ1v) is 12.9. The Morgan fingerprint density at radius 1 is 0.906 bits per heavy atom. The SMILES string of the molecule is CCc1cccc(CC)c1NC(=O)c1ccc(N2C(=O)[C@H]3C[C@H](Br)[C@@H](Br)C[C@H]3C2=O)cc1. The second kappa shape index (κ2) is 9.48. The fraction of sp³-hybridized carbons (Fsp3) is 0.400. The van der Waals surface area contributed by atoms with Gasteiger partial charge in [0.15, 0.2) is 0 Å². The van der Waals surface area contributed by atoms with E-state index in [0.29, 0.717) is 24.1 Å². The van der Waals surface area contributed by atoms with Crippen LogP contribution in [-0.2, 0) is 22.4 Å². The molecule has 1 N–H and O–H groups in total. The zero-order valence-corrected chi connectivity index (χ0v) is 21.3. The molecule has 1 saturated carbocycles. The van der Waals surface area contributed by atoms with Crippen LogP contribution >= 0.6 is 31.9 Å². The van der Waals surface area contributed by atoms with Gasteiger partial charge in [0.05, 0.1) is 17.5 Å². The Morgan fingerprint density at radius 2 is 1.41 bits per heavy atom. The number of rotatable bonds is 5. The Hall–Kier alpha value is -1.99. The molecule has 168 valence electrons. The molecule has 2 aromatic carbocycles. The van der Waals surface area contributed by atoms with Crippen LogP contribution in [0.15, 0.2) is 42.5 Å². The van der Waals surface area contributed by atoms with Crippen molar-refractivity contribution in [2.45, 2.75) is 49.2 Å². The molecule has 0 bridgehead atoms. The molecule has 1 heterocycles. The van der Waals surface area contributed by atoms with Crippen LogP contribution in [0.3, 0.4) is 0 Å². The third-order valence-electron chi connectivity index (χ3n) is 6.54. The molecule has 0 radical (unpaired) electrons. The van der Waals surface area contributed by atoms with Gasteiger partial charge in [-0.1, -0.05) is 63.9 Å². The second-order valence-corrected chi connectivity index (χ2v) is 10.7. The summed E-state index contributed by atoms with van der Waals surface area (Å²) in [6.45, 7) is 4.13. The Balaban J connectivity index is 1.53. The van der Waals surface area contributed by atoms with Gasteiger partial charge in [0.1, 0.15) is 0 Å². The van der Waals surface area contributed by atoms with Gasteiger partial charge in [-0.15, -0.1) is 0 Å². The molecule has 1 aliphatic heterocycles. The number of para-hydroxylation sites is 1. The summed E-state index contributed by atoms with van der Waals surface area (Å²) in [5, 5.41) is 3.06. The van der Waals surface area contributed by atoms with E-state index in [-0.39, 0.29) is 39.2 Å². The number of alkyl halides is 2. The summed E-state index contributed by atoms with van der Waals surface area (Å²) < 4.78 is 0. The number of nitrogens with zero attached hydrogens (tertiary/aromatic N) is 1. The Morgan fingerprint density at radius 3 is 1.88 bits per heavy atom. The normalized spacial score (nSPS) is 25.1. The molecule has 2 aromatic rings. The molecule has 1 aliphatic carbocycles. The van der Waals surface area contributed by atoms with E-state index in [2.05, 4.69) is 51.0 Å². The molecule has 0 aromatic heterocycles. The van der Waals surface area contributed by atoms with Crippen LogP contribution in [0.2, 0.25) is 0 Å². The van der Waals surface area contributed by atoms with Gasteiger partial charge in [-0.05, 0) is 61.1 Å². The highest BCUT2D eigenvalue weighted by atomic mass is 79.9. The molecule has 7 heteroatoms. The smallest absolute Gasteiger partial charge is 0.255 e. The fourth-order valence-electron chi connectivity index (χ4n) is 4.70. The first-order valence-electron chi connectivity index (χ1n) is 11.0. The Labute approximate surface area is 205 Å². The number of fused-ring (bicyclic) bond motifs is 1. The number of benzene rings is 2. The number of amides is 3. The summed E-state index contributed by atoms with van der Waals surface area (Å²) in [7, 11) is 0. The lowest BCUT2D eigenvalue weighted by molar-refractivity contribution is -0.122. The maximum Gasteiger partial charge on any atom is 0.255 e. The topological polar surface area (TPSA) is 66.5 Å². The number of nitrogens with one attached hydrogen (secondary N) is 1. The van der Waals surface area contributed by atoms with Crippen LogP contribution in [0.25, 0.3) is 0 Å². The van der Waals surface area contributed by atoms with Crippen molar-refractivity contribution in [3.05, 3.63) is 59.2 Å². The number of aryl methyl sites for hydroxylation is 2. The van der Waals surface area contributed by atoms with Crippen molar-refractivity contribution < 1.29 is 14.4 Å². The monoisotopic (exact) mass is 560 g/mol. The van der Waals surface area contributed by atoms with E-state index in [9.17, 15) is 14.4 Å². The number of halogens is 2. The molecule has 0 spiro atoms. The quantitative estimate of drug-likeness (QED) is 0.388. The van der Waals surface area contributed by atoms with Gasteiger partial charge in [-0.25, -0.2) is 0 Å². The minimum atomic E-state index is -0.290. The lowest BCUT2D eigenvalue weighted by Crippen LogP contribution is -2.34. The second-order valence-electron chi connectivity index (χ2n) is 8.39. The number of imide groups is 1. The van der Waals surface area contributed by atoms with E-state index >= 15 is 0 Å². The van der Waals surface area contributed by atoms with Gasteiger partial charge >= 0.3 is 0 Å². The first kappa shape index (κ1) is 23.2. The Bertz CT molecular complexity index is 1000. The first-order chi connectivity index (χ1) is 15.3. The van der Waals surface area contributed by atoms with Gasteiger partial charge < -0.3 is 5.32 Å². The van der Waals surface area contributed by atoms with Crippen LogP contribution < -0.4 is 10.2 Å². The molecule has 5 nitrogen and oxygen atoms in total. The third-order valence-corrected chi connectivity index (χ3v) is 9.27. The molecule has 3 amide bonds. The average molecular weight is 562 g/mol. The highest BCUT2D eigenvalue weighted by Crippen LogP contribution is 2.44. The standard InChI is InChI=1S/C25H26Br2N2O3/c1-3-14-6-5-7-15(4-2)22(14)28-23(30)16-8-10-17(11-9-16)29-24(31)18-12-20(26)21(27)13-19(18)25(29)32/h5-11,18-21H,3-4,12-13H2,1-2H3,(H,28,30)/t18-,19+,20-,21-/m0/s1. The molecular formula is C25H26Br2N2O3. The summed E-state index contributed by atoms with van der Waals surface area (Å²) in [4.78, 5) is 40.5. The van der Waals surface area contributed by atoms with Crippen LogP contribution in [0.5, 0.6) is 0 Å². The maximum absolute atomic E-state index is 13.0. The van der Waals surface area contributed by atoms with Gasteiger partial charge in [0.25, 0.3) is 5.91 Å². The molecule has 32 heavy (non-hydrogen) atoms. The van der Waals surface area contributed by atoms with E-state index in [1.165, 1.54) is 4.90 Å². The molecule has 4 rings (SSSR count). The van der Waals surface area contributed by atoms with Crippen molar-refractivity contribution in [2.24, 2.45) is 11.8 Å². The summed E-state index contributed by atoms with van der Waals surface area (Å²) in [5.74, 6) is -1.08. The molecule has 2 aliphatic rings. The van der Waals surface area contributed by atoms with E-state index < -0.39 is 0 Å². The average Bonchev–Trinajstić information content (AvgIpc) is 3.03. The third kappa shape index (κ3) is 4.17. The van der Waals surface area contributed by atoms with Crippen molar-refractivity contribution in [2.75, 3.05) is 10.2 Å². The lowest BCUT2D eigenvalue weighted by Gasteiger charge is -2.29. The van der Waals surface area contributed by atoms with Gasteiger partial charge in [-0.3, -0.25) is 19.3 Å². The number of carbonyl (C=O) groups is 3. The summed E-state index contributed by atoms with van der Waals surface area (Å²) in [6.07, 6.45) is 2.93.